The van der Waals surface area contributed by atoms with E-state index in [0.29, 0.717) is 18.9 Å². The normalized spacial score (nSPS) is 22.4. The number of hydrogen-bond donors (Lipinski definition) is 0. The van der Waals surface area contributed by atoms with Gasteiger partial charge in [0.15, 0.2) is 0 Å². The highest BCUT2D eigenvalue weighted by atomic mass is 19.4. The van der Waals surface area contributed by atoms with Crippen LogP contribution in [-0.2, 0) is 15.7 Å². The van der Waals surface area contributed by atoms with Gasteiger partial charge in [-0.05, 0) is 57.3 Å². The van der Waals surface area contributed by atoms with E-state index in [4.69, 9.17) is 4.74 Å². The minimum atomic E-state index is -4.47. The quantitative estimate of drug-likeness (QED) is 0.795. The Balaban J connectivity index is 1.64. The smallest absolute Gasteiger partial charge is 0.381 e. The largest absolute Gasteiger partial charge is 0.418 e. The van der Waals surface area contributed by atoms with Gasteiger partial charge >= 0.3 is 6.18 Å². The van der Waals surface area contributed by atoms with Crippen molar-refractivity contribution in [3.8, 4) is 0 Å². The number of amides is 1. The first-order valence-corrected chi connectivity index (χ1v) is 9.13. The topological polar surface area (TPSA) is 32.8 Å². The molecule has 0 aliphatic carbocycles. The molecule has 3 rings (SSSR count). The Morgan fingerprint density at radius 1 is 1.19 bits per heavy atom. The molecule has 2 heterocycles. The number of ether oxygens (including phenoxy) is 1. The van der Waals surface area contributed by atoms with Crippen LogP contribution < -0.4 is 4.90 Å². The van der Waals surface area contributed by atoms with Crippen LogP contribution in [0.5, 0.6) is 0 Å². The lowest BCUT2D eigenvalue weighted by Gasteiger charge is -2.28. The van der Waals surface area contributed by atoms with Gasteiger partial charge in [0.2, 0.25) is 5.91 Å². The van der Waals surface area contributed by atoms with E-state index >= 15 is 0 Å². The molecule has 0 spiro atoms. The summed E-state index contributed by atoms with van der Waals surface area (Å²) in [7, 11) is 1.89. The molecule has 1 amide bonds. The third-order valence-corrected chi connectivity index (χ3v) is 5.44. The molecule has 2 aliphatic heterocycles. The van der Waals surface area contributed by atoms with E-state index in [1.807, 2.05) is 11.9 Å². The molecule has 7 heteroatoms. The van der Waals surface area contributed by atoms with Gasteiger partial charge in [-0.1, -0.05) is 12.1 Å². The molecular weight excluding hydrogens is 345 g/mol. The van der Waals surface area contributed by atoms with Crippen molar-refractivity contribution in [1.82, 2.24) is 4.90 Å². The molecule has 2 aliphatic rings. The number of carbonyl (C=O) groups is 1. The Labute approximate surface area is 151 Å². The number of para-hydroxylation sites is 1. The van der Waals surface area contributed by atoms with Gasteiger partial charge in [0.25, 0.3) is 0 Å². The van der Waals surface area contributed by atoms with Gasteiger partial charge in [0.1, 0.15) is 0 Å². The first kappa shape index (κ1) is 19.2. The number of carbonyl (C=O) groups excluding carboxylic acids is 1. The van der Waals surface area contributed by atoms with Gasteiger partial charge in [0, 0.05) is 19.8 Å². The summed E-state index contributed by atoms with van der Waals surface area (Å²) in [5.41, 5.74) is -0.788. The molecule has 1 aromatic carbocycles. The molecule has 26 heavy (non-hydrogen) atoms. The Hall–Kier alpha value is -1.60. The highest BCUT2D eigenvalue weighted by Crippen LogP contribution is 2.38. The zero-order valence-electron chi connectivity index (χ0n) is 15.0. The van der Waals surface area contributed by atoms with Crippen LogP contribution in [-0.4, -0.2) is 50.2 Å². The minimum absolute atomic E-state index is 0.0367. The maximum Gasteiger partial charge on any atom is 0.418 e. The lowest BCUT2D eigenvalue weighted by atomic mass is 9.96. The number of likely N-dealkylation sites (N-methyl/N-ethyl adjacent to an activating group) is 1. The van der Waals surface area contributed by atoms with Crippen LogP contribution in [0.25, 0.3) is 0 Å². The Kier molecular flexibility index (Phi) is 5.87. The molecule has 4 nitrogen and oxygen atoms in total. The fourth-order valence-corrected chi connectivity index (χ4v) is 3.84. The number of halogens is 3. The standard InChI is InChI=1S/C19H25F3N2O2/c1-23(10-6-14-8-12-26-13-9-14)17-7-11-24(18(17)25)16-5-3-2-4-15(16)19(20,21)22/h2-5,14,17H,6-13H2,1H3. The predicted octanol–water partition coefficient (Wildman–Crippen LogP) is 3.56. The SMILES string of the molecule is CN(CCC1CCOCC1)C1CCN(c2ccccc2C(F)(F)F)C1=O. The summed E-state index contributed by atoms with van der Waals surface area (Å²) in [5.74, 6) is 0.362. The van der Waals surface area contributed by atoms with Crippen LogP contribution in [0.4, 0.5) is 18.9 Å². The molecule has 0 radical (unpaired) electrons. The van der Waals surface area contributed by atoms with Gasteiger partial charge in [0.05, 0.1) is 17.3 Å². The van der Waals surface area contributed by atoms with E-state index in [2.05, 4.69) is 0 Å². The van der Waals surface area contributed by atoms with Crippen LogP contribution in [0.1, 0.15) is 31.2 Å². The minimum Gasteiger partial charge on any atom is -0.381 e. The van der Waals surface area contributed by atoms with Crippen molar-refractivity contribution in [2.45, 2.75) is 37.9 Å². The number of rotatable bonds is 5. The second kappa shape index (κ2) is 7.96. The van der Waals surface area contributed by atoms with Gasteiger partial charge in [-0.2, -0.15) is 13.2 Å². The number of alkyl halides is 3. The van der Waals surface area contributed by atoms with Gasteiger partial charge < -0.3 is 9.64 Å². The number of anilines is 1. The molecule has 2 fully saturated rings. The molecular formula is C19H25F3N2O2. The van der Waals surface area contributed by atoms with E-state index in [9.17, 15) is 18.0 Å². The van der Waals surface area contributed by atoms with Gasteiger partial charge in [-0.25, -0.2) is 0 Å². The molecule has 1 aromatic rings. The molecule has 144 valence electrons. The second-order valence-electron chi connectivity index (χ2n) is 7.13. The molecule has 0 N–H and O–H groups in total. The van der Waals surface area contributed by atoms with Crippen LogP contribution in [0, 0.1) is 5.92 Å². The first-order valence-electron chi connectivity index (χ1n) is 9.13. The summed E-state index contributed by atoms with van der Waals surface area (Å²) in [4.78, 5) is 16.1. The van der Waals surface area contributed by atoms with E-state index in [0.717, 1.165) is 45.1 Å². The summed E-state index contributed by atoms with van der Waals surface area (Å²) in [6, 6.07) is 4.96. The summed E-state index contributed by atoms with van der Waals surface area (Å²) in [6.45, 7) is 2.67. The van der Waals surface area contributed by atoms with Crippen molar-refractivity contribution < 1.29 is 22.7 Å². The van der Waals surface area contributed by atoms with Crippen molar-refractivity contribution >= 4 is 11.6 Å². The average molecular weight is 370 g/mol. The van der Waals surface area contributed by atoms with E-state index in [1.54, 1.807) is 6.07 Å². The zero-order chi connectivity index (χ0) is 18.7. The number of hydrogen-bond acceptors (Lipinski definition) is 3. The molecule has 1 atom stereocenters. The van der Waals surface area contributed by atoms with Crippen molar-refractivity contribution in [2.24, 2.45) is 5.92 Å². The van der Waals surface area contributed by atoms with Gasteiger partial charge in [-0.3, -0.25) is 9.69 Å². The summed E-state index contributed by atoms with van der Waals surface area (Å²) >= 11 is 0. The van der Waals surface area contributed by atoms with Crippen molar-refractivity contribution in [2.75, 3.05) is 38.3 Å². The Morgan fingerprint density at radius 3 is 2.58 bits per heavy atom. The summed E-state index contributed by atoms with van der Waals surface area (Å²) < 4.78 is 45.1. The molecule has 1 unspecified atom stereocenters. The second-order valence-corrected chi connectivity index (χ2v) is 7.13. The van der Waals surface area contributed by atoms with Crippen LogP contribution in [0.15, 0.2) is 24.3 Å². The van der Waals surface area contributed by atoms with Crippen LogP contribution in [0.2, 0.25) is 0 Å². The molecule has 2 saturated heterocycles. The third kappa shape index (κ3) is 4.20. The van der Waals surface area contributed by atoms with Crippen molar-refractivity contribution in [3.63, 3.8) is 0 Å². The van der Waals surface area contributed by atoms with E-state index < -0.39 is 11.7 Å². The Morgan fingerprint density at radius 2 is 1.88 bits per heavy atom. The third-order valence-electron chi connectivity index (χ3n) is 5.44. The lowest BCUT2D eigenvalue weighted by molar-refractivity contribution is -0.137. The van der Waals surface area contributed by atoms with Crippen LogP contribution >= 0.6 is 0 Å². The summed E-state index contributed by atoms with van der Waals surface area (Å²) in [5, 5.41) is 0. The zero-order valence-corrected chi connectivity index (χ0v) is 15.0. The number of benzene rings is 1. The highest BCUT2D eigenvalue weighted by molar-refractivity contribution is 6.00. The maximum atomic E-state index is 13.3. The monoisotopic (exact) mass is 370 g/mol. The first-order chi connectivity index (χ1) is 12.4. The molecule has 0 aromatic heterocycles. The molecule has 0 bridgehead atoms. The molecule has 0 saturated carbocycles. The van der Waals surface area contributed by atoms with Crippen molar-refractivity contribution in [1.29, 1.82) is 0 Å². The highest BCUT2D eigenvalue weighted by Gasteiger charge is 2.40. The van der Waals surface area contributed by atoms with Crippen LogP contribution in [0.3, 0.4) is 0 Å². The van der Waals surface area contributed by atoms with Gasteiger partial charge in [-0.15, -0.1) is 0 Å². The summed E-state index contributed by atoms with van der Waals surface area (Å²) in [6.07, 6.45) is -0.850. The van der Waals surface area contributed by atoms with Crippen molar-refractivity contribution in [3.05, 3.63) is 29.8 Å². The fraction of sp³-hybridized carbons (Fsp3) is 0.632. The Bertz CT molecular complexity index is 629. The lowest BCUT2D eigenvalue weighted by Crippen LogP contribution is -2.41. The van der Waals surface area contributed by atoms with E-state index in [-0.39, 0.29) is 17.6 Å². The number of nitrogens with zero attached hydrogens (tertiary/aromatic N) is 2. The van der Waals surface area contributed by atoms with E-state index in [1.165, 1.54) is 17.0 Å². The average Bonchev–Trinajstić information content (AvgIpc) is 3.01. The fourth-order valence-electron chi connectivity index (χ4n) is 3.84. The maximum absolute atomic E-state index is 13.3. The predicted molar refractivity (Wildman–Crippen MR) is 93.0 cm³/mol.